The lowest BCUT2D eigenvalue weighted by Gasteiger charge is -2.20. The molecule has 4 N–H and O–H groups in total. The van der Waals surface area contributed by atoms with Crippen LogP contribution in [0.1, 0.15) is 136 Å². The predicted octanol–water partition coefficient (Wildman–Crippen LogP) is 10.2. The van der Waals surface area contributed by atoms with Gasteiger partial charge in [0.25, 0.3) is 0 Å². The molecule has 0 bridgehead atoms. The van der Waals surface area contributed by atoms with Gasteiger partial charge in [0.05, 0.1) is 25.9 Å². The van der Waals surface area contributed by atoms with Crippen LogP contribution in [0, 0.1) is 0 Å². The summed E-state index contributed by atoms with van der Waals surface area (Å²) in [4.78, 5) is 35.0. The van der Waals surface area contributed by atoms with Crippen LogP contribution in [0.15, 0.2) is 97.2 Å². The Balaban J connectivity index is 4.59. The summed E-state index contributed by atoms with van der Waals surface area (Å²) in [6.45, 7) is 1.92. The highest BCUT2D eigenvalue weighted by molar-refractivity contribution is 7.47. The van der Waals surface area contributed by atoms with E-state index in [4.69, 9.17) is 19.1 Å². The molecule has 0 aliphatic heterocycles. The zero-order chi connectivity index (χ0) is 42.8. The normalized spacial score (nSPS) is 15.3. The van der Waals surface area contributed by atoms with Crippen molar-refractivity contribution < 1.29 is 52.9 Å². The van der Waals surface area contributed by atoms with Gasteiger partial charge in [0.1, 0.15) is 12.7 Å². The summed E-state index contributed by atoms with van der Waals surface area (Å²) < 4.78 is 32.5. The number of phosphoric acid groups is 1. The fraction of sp³-hybridized carbons (Fsp3) is 0.609. The van der Waals surface area contributed by atoms with Gasteiger partial charge in [0, 0.05) is 12.8 Å². The average molecular weight is 835 g/mol. The summed E-state index contributed by atoms with van der Waals surface area (Å²) >= 11 is 0. The molecule has 0 saturated carbocycles. The molecule has 0 amide bonds. The van der Waals surface area contributed by atoms with Crippen LogP contribution in [0.4, 0.5) is 0 Å². The predicted molar refractivity (Wildman–Crippen MR) is 234 cm³/mol. The highest BCUT2D eigenvalue weighted by atomic mass is 31.2. The van der Waals surface area contributed by atoms with Crippen molar-refractivity contribution in [2.24, 2.45) is 0 Å². The summed E-state index contributed by atoms with van der Waals surface area (Å²) in [6.07, 6.45) is 45.6. The van der Waals surface area contributed by atoms with Crippen LogP contribution in [0.2, 0.25) is 0 Å². The third-order valence-electron chi connectivity index (χ3n) is 8.34. The maximum absolute atomic E-state index is 12.6. The molecule has 0 saturated heterocycles. The Hall–Kier alpha value is -3.15. The van der Waals surface area contributed by atoms with Crippen LogP contribution < -0.4 is 0 Å². The zero-order valence-corrected chi connectivity index (χ0v) is 36.2. The third-order valence-corrected chi connectivity index (χ3v) is 9.29. The molecule has 0 heterocycles. The number of hydrogen-bond acceptors (Lipinski definition) is 10. The summed E-state index contributed by atoms with van der Waals surface area (Å²) in [5.41, 5.74) is 0. The van der Waals surface area contributed by atoms with Crippen LogP contribution >= 0.6 is 7.82 Å². The number of carbonyl (C=O) groups is 2. The molecule has 330 valence electrons. The zero-order valence-electron chi connectivity index (χ0n) is 35.3. The number of allylic oxidation sites excluding steroid dienone is 15. The largest absolute Gasteiger partial charge is 0.472 e. The molecule has 58 heavy (non-hydrogen) atoms. The molecule has 0 aliphatic rings. The molecule has 0 fully saturated rings. The maximum atomic E-state index is 12.6. The van der Waals surface area contributed by atoms with Crippen LogP contribution in [0.25, 0.3) is 0 Å². The Kier molecular flexibility index (Phi) is 38.4. The van der Waals surface area contributed by atoms with Crippen molar-refractivity contribution in [1.29, 1.82) is 0 Å². The van der Waals surface area contributed by atoms with E-state index in [1.54, 1.807) is 12.2 Å². The smallest absolute Gasteiger partial charge is 0.462 e. The van der Waals surface area contributed by atoms with E-state index in [0.29, 0.717) is 6.42 Å². The van der Waals surface area contributed by atoms with E-state index >= 15 is 0 Å². The standard InChI is InChI=1S/C46H75O11P/c1-3-5-7-9-11-13-15-17-19-21-22-24-26-28-30-32-34-42(48)36-37-45(50)54-40-44(41-56-58(52,53)55-39-43(49)38-47)57-46(51)35-33-31-29-27-25-23-20-18-16-14-12-10-8-6-4-2/h5,7,11-14,17-20,22,24,28,30,32,34,42-44,47-49H,3-4,6,8-10,15-16,21,23,25-27,29,31,33,35-41H2,1-2H3,(H,52,53)/b7-5-,13-11-,14-12-,19-17-,20-18-,24-22-,30-28-,34-32-/t42?,43-,44+/m0/s1. The van der Waals surface area contributed by atoms with Gasteiger partial charge in [-0.1, -0.05) is 143 Å². The molecule has 0 aliphatic carbocycles. The number of aliphatic hydroxyl groups is 3. The molecule has 2 unspecified atom stereocenters. The second kappa shape index (κ2) is 40.6. The Morgan fingerprint density at radius 1 is 0.603 bits per heavy atom. The van der Waals surface area contributed by atoms with Gasteiger partial charge in [-0.2, -0.15) is 0 Å². The molecule has 0 aromatic heterocycles. The van der Waals surface area contributed by atoms with Gasteiger partial charge in [0.15, 0.2) is 6.10 Å². The second-order valence-electron chi connectivity index (χ2n) is 13.8. The minimum atomic E-state index is -4.68. The Morgan fingerprint density at radius 2 is 1.14 bits per heavy atom. The Morgan fingerprint density at radius 3 is 1.74 bits per heavy atom. The molecule has 11 nitrogen and oxygen atoms in total. The lowest BCUT2D eigenvalue weighted by atomic mass is 10.1. The molecule has 0 spiro atoms. The van der Waals surface area contributed by atoms with Crippen LogP contribution in [-0.4, -0.2) is 76.9 Å². The van der Waals surface area contributed by atoms with Crippen molar-refractivity contribution in [3.63, 3.8) is 0 Å². The van der Waals surface area contributed by atoms with E-state index in [9.17, 15) is 29.3 Å². The molecular weight excluding hydrogens is 759 g/mol. The lowest BCUT2D eigenvalue weighted by Crippen LogP contribution is -2.30. The summed E-state index contributed by atoms with van der Waals surface area (Å²) in [5, 5.41) is 28.6. The van der Waals surface area contributed by atoms with Crippen molar-refractivity contribution >= 4 is 19.8 Å². The number of unbranched alkanes of at least 4 members (excludes halogenated alkanes) is 8. The summed E-state index contributed by atoms with van der Waals surface area (Å²) in [5.74, 6) is -1.23. The molecule has 0 aromatic carbocycles. The van der Waals surface area contributed by atoms with Gasteiger partial charge in [0.2, 0.25) is 0 Å². The number of ether oxygens (including phenoxy) is 2. The maximum Gasteiger partial charge on any atom is 0.472 e. The SMILES string of the molecule is CC/C=C\C/C=C\C/C=C\C/C=C\C/C=C\C=C/C(O)CCC(=O)OC[C@H](COP(=O)(O)OC[C@@H](O)CO)OC(=O)CCCCCCC/C=C\C/C=C\CCCCC. The highest BCUT2D eigenvalue weighted by Crippen LogP contribution is 2.43. The number of carbonyl (C=O) groups excluding carboxylic acids is 2. The monoisotopic (exact) mass is 835 g/mol. The van der Waals surface area contributed by atoms with E-state index in [2.05, 4.69) is 91.3 Å². The van der Waals surface area contributed by atoms with Crippen LogP contribution in [-0.2, 0) is 32.7 Å². The van der Waals surface area contributed by atoms with Gasteiger partial charge in [-0.15, -0.1) is 0 Å². The second-order valence-corrected chi connectivity index (χ2v) is 15.3. The molecule has 4 atom stereocenters. The van der Waals surface area contributed by atoms with Gasteiger partial charge >= 0.3 is 19.8 Å². The topological polar surface area (TPSA) is 169 Å². The average Bonchev–Trinajstić information content (AvgIpc) is 3.21. The molecule has 0 rings (SSSR count). The van der Waals surface area contributed by atoms with E-state index in [-0.39, 0.29) is 19.3 Å². The van der Waals surface area contributed by atoms with Crippen molar-refractivity contribution in [3.8, 4) is 0 Å². The van der Waals surface area contributed by atoms with E-state index < -0.39 is 64.5 Å². The molecule has 0 radical (unpaired) electrons. The molecule has 12 heteroatoms. The quantitative estimate of drug-likeness (QED) is 0.0154. The van der Waals surface area contributed by atoms with E-state index in [0.717, 1.165) is 77.0 Å². The highest BCUT2D eigenvalue weighted by Gasteiger charge is 2.27. The number of rotatable bonds is 38. The first kappa shape index (κ1) is 54.9. The number of aliphatic hydroxyl groups excluding tert-OH is 3. The minimum absolute atomic E-state index is 0.0979. The van der Waals surface area contributed by atoms with Crippen LogP contribution in [0.5, 0.6) is 0 Å². The van der Waals surface area contributed by atoms with Crippen LogP contribution in [0.3, 0.4) is 0 Å². The van der Waals surface area contributed by atoms with E-state index in [1.807, 2.05) is 12.2 Å². The van der Waals surface area contributed by atoms with Gasteiger partial charge < -0.3 is 29.7 Å². The summed E-state index contributed by atoms with van der Waals surface area (Å²) in [7, 11) is -4.68. The first-order valence-electron chi connectivity index (χ1n) is 21.3. The fourth-order valence-corrected chi connectivity index (χ4v) is 5.80. The first-order valence-corrected chi connectivity index (χ1v) is 22.8. The third kappa shape index (κ3) is 39.7. The van der Waals surface area contributed by atoms with Gasteiger partial charge in [-0.3, -0.25) is 18.6 Å². The molecule has 0 aromatic rings. The van der Waals surface area contributed by atoms with Gasteiger partial charge in [-0.05, 0) is 77.0 Å². The Bertz CT molecular complexity index is 1300. The molecular formula is C46H75O11P. The first-order chi connectivity index (χ1) is 28.1. The van der Waals surface area contributed by atoms with Crippen molar-refractivity contribution in [3.05, 3.63) is 97.2 Å². The summed E-state index contributed by atoms with van der Waals surface area (Å²) in [6, 6.07) is 0. The number of phosphoric ester groups is 1. The number of hydrogen-bond donors (Lipinski definition) is 4. The van der Waals surface area contributed by atoms with E-state index in [1.165, 1.54) is 19.3 Å². The van der Waals surface area contributed by atoms with Crippen molar-refractivity contribution in [1.82, 2.24) is 0 Å². The van der Waals surface area contributed by atoms with Crippen molar-refractivity contribution in [2.75, 3.05) is 26.4 Å². The number of esters is 2. The fourth-order valence-electron chi connectivity index (χ4n) is 5.01. The van der Waals surface area contributed by atoms with Gasteiger partial charge in [-0.25, -0.2) is 4.57 Å². The van der Waals surface area contributed by atoms with Crippen molar-refractivity contribution in [2.45, 2.75) is 154 Å². The minimum Gasteiger partial charge on any atom is -0.462 e. The Labute approximate surface area is 349 Å². The lowest BCUT2D eigenvalue weighted by molar-refractivity contribution is -0.161.